The third kappa shape index (κ3) is 4.45. The lowest BCUT2D eigenvalue weighted by atomic mass is 9.84. The Morgan fingerprint density at radius 1 is 0.957 bits per heavy atom. The number of H-pyrrole nitrogens is 2. The summed E-state index contributed by atoms with van der Waals surface area (Å²) < 4.78 is 5.32. The first-order chi connectivity index (χ1) is 21.9. The fraction of sp³-hybridized carbons (Fsp3) is 0.257. The first-order valence-corrected chi connectivity index (χ1v) is 16.0. The highest BCUT2D eigenvalue weighted by Gasteiger charge is 2.68. The number of anilines is 2. The monoisotopic (exact) mass is 633 g/mol. The molecule has 5 aromatic rings. The SMILES string of the molecule is Cc1csc2c1[C@@]13CC1CN(C(=O)c1cc4cc(NC(=O)c5cc6cc(NC(=O)OC(C)(C)C)ccc6[nH]5)ccc4[nH]1)C3=CC2=O. The molecular weight excluding hydrogens is 602 g/mol. The Kier molecular flexibility index (Phi) is 5.95. The number of likely N-dealkylation sites (tertiary alicyclic amines) is 1. The van der Waals surface area contributed by atoms with E-state index in [1.54, 1.807) is 68.1 Å². The van der Waals surface area contributed by atoms with E-state index in [0.717, 1.165) is 49.9 Å². The topological polar surface area (TPSA) is 136 Å². The number of rotatable bonds is 4. The van der Waals surface area contributed by atoms with Crippen molar-refractivity contribution in [3.05, 3.63) is 93.1 Å². The van der Waals surface area contributed by atoms with Gasteiger partial charge < -0.3 is 24.9 Å². The standard InChI is InChI=1S/C35H31N5O5S/c1-17-16-46-30-27(41)13-28-35(29(17)30)14-20(35)15-40(28)32(43)26-12-19-9-21(5-7-24(19)39-26)36-31(42)25-11-18-10-22(6-8-23(18)38-25)37-33(44)45-34(2,3)4/h5-13,16,20,38-39H,14-15H2,1-4H3,(H,36,42)(H,37,44)/t20?,35-/m0/s1. The number of carbonyl (C=O) groups is 4. The highest BCUT2D eigenvalue weighted by molar-refractivity contribution is 7.12. The lowest BCUT2D eigenvalue weighted by Gasteiger charge is -2.28. The third-order valence-electron chi connectivity index (χ3n) is 9.03. The van der Waals surface area contributed by atoms with Crippen molar-refractivity contribution in [1.29, 1.82) is 0 Å². The van der Waals surface area contributed by atoms with Gasteiger partial charge in [0.15, 0.2) is 5.78 Å². The van der Waals surface area contributed by atoms with Crippen LogP contribution in [0.3, 0.4) is 0 Å². The molecule has 2 atom stereocenters. The number of ether oxygens (including phenoxy) is 1. The Bertz CT molecular complexity index is 2200. The second-order valence-corrected chi connectivity index (χ2v) is 14.2. The van der Waals surface area contributed by atoms with Gasteiger partial charge in [0.2, 0.25) is 0 Å². The lowest BCUT2D eigenvalue weighted by molar-refractivity contribution is 0.0635. The molecule has 2 aromatic carbocycles. The molecule has 4 heterocycles. The van der Waals surface area contributed by atoms with Crippen molar-refractivity contribution < 1.29 is 23.9 Å². The number of amides is 3. The van der Waals surface area contributed by atoms with Crippen LogP contribution in [-0.2, 0) is 10.2 Å². The fourth-order valence-corrected chi connectivity index (χ4v) is 8.10. The smallest absolute Gasteiger partial charge is 0.412 e. The number of nitrogens with one attached hydrogen (secondary N) is 4. The quantitative estimate of drug-likeness (QED) is 0.167. The summed E-state index contributed by atoms with van der Waals surface area (Å²) in [7, 11) is 0. The van der Waals surface area contributed by atoms with E-state index in [1.165, 1.54) is 11.3 Å². The summed E-state index contributed by atoms with van der Waals surface area (Å²) >= 11 is 1.50. The van der Waals surface area contributed by atoms with E-state index in [1.807, 2.05) is 17.5 Å². The fourth-order valence-electron chi connectivity index (χ4n) is 7.05. The van der Waals surface area contributed by atoms with E-state index in [4.69, 9.17) is 4.74 Å². The molecule has 8 rings (SSSR count). The van der Waals surface area contributed by atoms with Crippen molar-refractivity contribution in [2.24, 2.45) is 5.92 Å². The van der Waals surface area contributed by atoms with Gasteiger partial charge in [0.1, 0.15) is 17.0 Å². The van der Waals surface area contributed by atoms with Crippen LogP contribution in [0.25, 0.3) is 21.8 Å². The van der Waals surface area contributed by atoms with Crippen molar-refractivity contribution >= 4 is 68.2 Å². The van der Waals surface area contributed by atoms with E-state index in [0.29, 0.717) is 35.2 Å². The number of hydrogen-bond acceptors (Lipinski definition) is 6. The number of nitrogens with zero attached hydrogens (tertiary/aromatic N) is 1. The summed E-state index contributed by atoms with van der Waals surface area (Å²) in [5.41, 5.74) is 5.65. The summed E-state index contributed by atoms with van der Waals surface area (Å²) in [6.07, 6.45) is 2.08. The van der Waals surface area contributed by atoms with Crippen LogP contribution < -0.4 is 10.6 Å². The molecule has 3 amide bonds. The zero-order valence-electron chi connectivity index (χ0n) is 25.7. The summed E-state index contributed by atoms with van der Waals surface area (Å²) in [5.74, 6) is -0.194. The molecule has 1 unspecified atom stereocenters. The molecule has 0 bridgehead atoms. The molecule has 2 aliphatic carbocycles. The number of aromatic nitrogens is 2. The van der Waals surface area contributed by atoms with Crippen LogP contribution in [0.5, 0.6) is 0 Å². The minimum absolute atomic E-state index is 0.0241. The number of benzene rings is 2. The zero-order chi connectivity index (χ0) is 32.1. The van der Waals surface area contributed by atoms with E-state index in [9.17, 15) is 19.2 Å². The maximum absolute atomic E-state index is 13.8. The molecule has 232 valence electrons. The zero-order valence-corrected chi connectivity index (χ0v) is 26.5. The molecule has 10 nitrogen and oxygen atoms in total. The Balaban J connectivity index is 0.988. The van der Waals surface area contributed by atoms with Crippen LogP contribution in [0.15, 0.2) is 65.7 Å². The average Bonchev–Trinajstić information content (AvgIpc) is 3.43. The maximum Gasteiger partial charge on any atom is 0.412 e. The van der Waals surface area contributed by atoms with E-state index >= 15 is 0 Å². The van der Waals surface area contributed by atoms with Gasteiger partial charge in [-0.3, -0.25) is 19.7 Å². The van der Waals surface area contributed by atoms with Crippen molar-refractivity contribution in [2.45, 2.75) is 45.1 Å². The Labute approximate surface area is 267 Å². The number of hydrogen-bond donors (Lipinski definition) is 4. The largest absolute Gasteiger partial charge is 0.444 e. The number of ketones is 1. The molecule has 0 radical (unpaired) electrons. The molecule has 1 spiro atoms. The summed E-state index contributed by atoms with van der Waals surface area (Å²) in [4.78, 5) is 61.0. The van der Waals surface area contributed by atoms with Crippen LogP contribution in [0.4, 0.5) is 16.2 Å². The second-order valence-electron chi connectivity index (χ2n) is 13.4. The molecule has 3 aliphatic rings. The van der Waals surface area contributed by atoms with E-state index < -0.39 is 11.7 Å². The maximum atomic E-state index is 13.8. The van der Waals surface area contributed by atoms with E-state index in [2.05, 4.69) is 27.5 Å². The van der Waals surface area contributed by atoms with E-state index in [-0.39, 0.29) is 23.0 Å². The first-order valence-electron chi connectivity index (χ1n) is 15.1. The Morgan fingerprint density at radius 3 is 2.30 bits per heavy atom. The first kappa shape index (κ1) is 28.3. The van der Waals surface area contributed by atoms with Gasteiger partial charge in [-0.15, -0.1) is 11.3 Å². The Hall–Kier alpha value is -5.16. The molecular formula is C35H31N5O5S. The van der Waals surface area contributed by atoms with Crippen LogP contribution in [0.1, 0.15) is 69.0 Å². The normalized spacial score (nSPS) is 19.8. The number of carbonyl (C=O) groups excluding carboxylic acids is 4. The number of allylic oxidation sites excluding steroid dienone is 2. The predicted molar refractivity (Wildman–Crippen MR) is 177 cm³/mol. The molecule has 4 N–H and O–H groups in total. The van der Waals surface area contributed by atoms with Crippen LogP contribution in [-0.4, -0.2) is 50.7 Å². The molecule has 2 fully saturated rings. The van der Waals surface area contributed by atoms with Gasteiger partial charge in [0.25, 0.3) is 11.8 Å². The van der Waals surface area contributed by atoms with Crippen molar-refractivity contribution in [3.63, 3.8) is 0 Å². The van der Waals surface area contributed by atoms with Gasteiger partial charge in [-0.2, -0.15) is 0 Å². The summed E-state index contributed by atoms with van der Waals surface area (Å²) in [6, 6.07) is 14.2. The van der Waals surface area contributed by atoms with Gasteiger partial charge in [0, 0.05) is 56.9 Å². The molecule has 11 heteroatoms. The Morgan fingerprint density at radius 2 is 1.61 bits per heavy atom. The van der Waals surface area contributed by atoms with Gasteiger partial charge in [0.05, 0.1) is 4.88 Å². The minimum Gasteiger partial charge on any atom is -0.444 e. The summed E-state index contributed by atoms with van der Waals surface area (Å²) in [6.45, 7) is 8.02. The number of piperidine rings is 1. The number of fused-ring (bicyclic) bond motifs is 3. The van der Waals surface area contributed by atoms with Crippen molar-refractivity contribution in [3.8, 4) is 0 Å². The molecule has 1 aliphatic heterocycles. The van der Waals surface area contributed by atoms with Crippen LogP contribution in [0.2, 0.25) is 0 Å². The average molecular weight is 634 g/mol. The summed E-state index contributed by atoms with van der Waals surface area (Å²) in [5, 5.41) is 9.22. The lowest BCUT2D eigenvalue weighted by Crippen LogP contribution is -2.33. The van der Waals surface area contributed by atoms with Gasteiger partial charge in [-0.25, -0.2) is 4.79 Å². The van der Waals surface area contributed by atoms with Gasteiger partial charge in [-0.1, -0.05) is 0 Å². The minimum atomic E-state index is -0.617. The molecule has 1 saturated heterocycles. The molecule has 3 aromatic heterocycles. The van der Waals surface area contributed by atoms with Crippen molar-refractivity contribution in [2.75, 3.05) is 17.2 Å². The third-order valence-corrected chi connectivity index (χ3v) is 10.1. The number of aromatic amines is 2. The van der Waals surface area contributed by atoms with Crippen molar-refractivity contribution in [1.82, 2.24) is 14.9 Å². The van der Waals surface area contributed by atoms with Crippen LogP contribution >= 0.6 is 11.3 Å². The highest BCUT2D eigenvalue weighted by atomic mass is 32.1. The van der Waals surface area contributed by atoms with Gasteiger partial charge >= 0.3 is 6.09 Å². The van der Waals surface area contributed by atoms with Crippen LogP contribution in [0, 0.1) is 12.8 Å². The number of thiophene rings is 1. The predicted octanol–water partition coefficient (Wildman–Crippen LogP) is 7.11. The highest BCUT2D eigenvalue weighted by Crippen LogP contribution is 2.68. The molecule has 1 saturated carbocycles. The molecule has 46 heavy (non-hydrogen) atoms. The van der Waals surface area contributed by atoms with Gasteiger partial charge in [-0.05, 0) is 105 Å². The second kappa shape index (κ2) is 9.67. The number of aryl methyl sites for hydroxylation is 1.